The van der Waals surface area contributed by atoms with Gasteiger partial charge >= 0.3 is 0 Å². The Morgan fingerprint density at radius 2 is 1.28 bits per heavy atom. The molecule has 0 aliphatic heterocycles. The van der Waals surface area contributed by atoms with Crippen LogP contribution in [0.2, 0.25) is 0 Å². The number of hydrogen-bond donors (Lipinski definition) is 1. The van der Waals surface area contributed by atoms with Crippen LogP contribution in [0.5, 0.6) is 0 Å². The van der Waals surface area contributed by atoms with Gasteiger partial charge in [-0.2, -0.15) is 4.98 Å². The smallest absolute Gasteiger partial charge is 0.244 e. The molecule has 4 rings (SSSR count). The molecule has 0 aliphatic rings. The van der Waals surface area contributed by atoms with Gasteiger partial charge in [-0.3, -0.25) is 0 Å². The molecule has 0 spiro atoms. The van der Waals surface area contributed by atoms with Crippen LogP contribution in [-0.2, 0) is 4.75 Å². The molecule has 1 atom stereocenters. The lowest BCUT2D eigenvalue weighted by Crippen LogP contribution is -2.28. The lowest BCUT2D eigenvalue weighted by molar-refractivity contribution is 0.360. The molecule has 0 amide bonds. The first-order chi connectivity index (χ1) is 14.2. The maximum atomic E-state index is 6.43. The Hall–Kier alpha value is -2.89. The minimum atomic E-state index is -0.406. The van der Waals surface area contributed by atoms with Gasteiger partial charge in [0.15, 0.2) is 5.82 Å². The van der Waals surface area contributed by atoms with Crippen molar-refractivity contribution in [3.63, 3.8) is 0 Å². The van der Waals surface area contributed by atoms with Crippen LogP contribution in [0.4, 0.5) is 0 Å². The highest BCUT2D eigenvalue weighted by Gasteiger charge is 2.37. The van der Waals surface area contributed by atoms with Gasteiger partial charge in [0, 0.05) is 5.75 Å². The predicted molar refractivity (Wildman–Crippen MR) is 118 cm³/mol. The molecule has 0 unspecified atom stereocenters. The topological polar surface area (TPSA) is 64.9 Å². The zero-order valence-electron chi connectivity index (χ0n) is 16.2. The molecule has 146 valence electrons. The third kappa shape index (κ3) is 3.97. The van der Waals surface area contributed by atoms with Crippen LogP contribution >= 0.6 is 11.8 Å². The summed E-state index contributed by atoms with van der Waals surface area (Å²) in [5, 5.41) is 3.88. The average molecular weight is 402 g/mol. The second kappa shape index (κ2) is 8.64. The lowest BCUT2D eigenvalue weighted by atomic mass is 9.84. The lowest BCUT2D eigenvalue weighted by Gasteiger charge is -2.36. The largest absolute Gasteiger partial charge is 0.338 e. The number of aryl methyl sites for hydroxylation is 1. The third-order valence-corrected chi connectivity index (χ3v) is 6.55. The zero-order chi connectivity index (χ0) is 20.1. The molecule has 5 heteroatoms. The second-order valence-corrected chi connectivity index (χ2v) is 8.11. The molecular formula is C24H23N3OS. The highest BCUT2D eigenvalue weighted by atomic mass is 32.2. The van der Waals surface area contributed by atoms with E-state index in [1.165, 1.54) is 16.7 Å². The van der Waals surface area contributed by atoms with Crippen molar-refractivity contribution in [3.05, 3.63) is 119 Å². The van der Waals surface area contributed by atoms with Crippen molar-refractivity contribution in [1.82, 2.24) is 10.1 Å². The Kier molecular flexibility index (Phi) is 5.79. The molecule has 0 bridgehead atoms. The number of nitrogens with zero attached hydrogens (tertiary/aromatic N) is 2. The molecule has 4 aromatic rings. The molecule has 3 aromatic carbocycles. The van der Waals surface area contributed by atoms with Gasteiger partial charge in [-0.1, -0.05) is 96.2 Å². The standard InChI is InChI=1S/C24H23N3OS/c1-18-26-23(28-27-18)22(25)17-29-24(19-11-5-2-6-12-19,20-13-7-3-8-14-20)21-15-9-4-10-16-21/h2-16,22H,17,25H2,1H3/t22-/m0/s1. The summed E-state index contributed by atoms with van der Waals surface area (Å²) in [7, 11) is 0. The molecule has 0 aliphatic carbocycles. The summed E-state index contributed by atoms with van der Waals surface area (Å²) in [6, 6.07) is 31.3. The fourth-order valence-corrected chi connectivity index (χ4v) is 5.00. The van der Waals surface area contributed by atoms with E-state index < -0.39 is 4.75 Å². The van der Waals surface area contributed by atoms with Gasteiger partial charge in [-0.15, -0.1) is 11.8 Å². The average Bonchev–Trinajstić information content (AvgIpc) is 3.23. The van der Waals surface area contributed by atoms with E-state index in [1.807, 2.05) is 18.2 Å². The first kappa shape index (κ1) is 19.4. The predicted octanol–water partition coefficient (Wildman–Crippen LogP) is 5.10. The maximum Gasteiger partial charge on any atom is 0.244 e. The fourth-order valence-electron chi connectivity index (χ4n) is 3.52. The van der Waals surface area contributed by atoms with Crippen LogP contribution in [-0.4, -0.2) is 15.9 Å². The number of thioether (sulfide) groups is 1. The minimum Gasteiger partial charge on any atom is -0.338 e. The van der Waals surface area contributed by atoms with Crippen molar-refractivity contribution in [2.75, 3.05) is 5.75 Å². The summed E-state index contributed by atoms with van der Waals surface area (Å²) in [6.07, 6.45) is 0. The van der Waals surface area contributed by atoms with Crippen LogP contribution in [0.3, 0.4) is 0 Å². The van der Waals surface area contributed by atoms with Crippen LogP contribution in [0.25, 0.3) is 0 Å². The van der Waals surface area contributed by atoms with Gasteiger partial charge in [0.1, 0.15) is 0 Å². The van der Waals surface area contributed by atoms with Gasteiger partial charge in [-0.05, 0) is 23.6 Å². The molecule has 1 heterocycles. The highest BCUT2D eigenvalue weighted by molar-refractivity contribution is 8.00. The molecule has 0 saturated heterocycles. The monoisotopic (exact) mass is 401 g/mol. The van der Waals surface area contributed by atoms with Crippen LogP contribution in [0.1, 0.15) is 34.4 Å². The molecule has 2 N–H and O–H groups in total. The first-order valence-corrected chi connectivity index (χ1v) is 10.5. The molecule has 29 heavy (non-hydrogen) atoms. The van der Waals surface area contributed by atoms with Crippen molar-refractivity contribution in [3.8, 4) is 0 Å². The number of benzene rings is 3. The van der Waals surface area contributed by atoms with Crippen molar-refractivity contribution < 1.29 is 4.52 Å². The molecule has 4 nitrogen and oxygen atoms in total. The van der Waals surface area contributed by atoms with Crippen molar-refractivity contribution >= 4 is 11.8 Å². The van der Waals surface area contributed by atoms with Gasteiger partial charge < -0.3 is 10.3 Å². The summed E-state index contributed by atoms with van der Waals surface area (Å²) >= 11 is 1.79. The van der Waals surface area contributed by atoms with Gasteiger partial charge in [0.05, 0.1) is 10.8 Å². The molecule has 0 radical (unpaired) electrons. The molecule has 0 saturated carbocycles. The minimum absolute atomic E-state index is 0.350. The normalized spacial score (nSPS) is 12.6. The van der Waals surface area contributed by atoms with Gasteiger partial charge in [0.2, 0.25) is 5.89 Å². The quantitative estimate of drug-likeness (QED) is 0.436. The summed E-state index contributed by atoms with van der Waals surface area (Å²) < 4.78 is 4.90. The summed E-state index contributed by atoms with van der Waals surface area (Å²) in [5.74, 6) is 1.69. The molecular weight excluding hydrogens is 378 g/mol. The van der Waals surface area contributed by atoms with E-state index in [0.29, 0.717) is 17.5 Å². The molecule has 0 fully saturated rings. The third-order valence-electron chi connectivity index (χ3n) is 4.88. The van der Waals surface area contributed by atoms with E-state index in [-0.39, 0.29) is 6.04 Å². The van der Waals surface area contributed by atoms with E-state index in [1.54, 1.807) is 18.7 Å². The second-order valence-electron chi connectivity index (χ2n) is 6.88. The van der Waals surface area contributed by atoms with Crippen molar-refractivity contribution in [2.45, 2.75) is 17.7 Å². The number of aromatic nitrogens is 2. The number of rotatable bonds is 7. The Labute approximate surface area is 175 Å². The van der Waals surface area contributed by atoms with E-state index in [4.69, 9.17) is 10.3 Å². The van der Waals surface area contributed by atoms with E-state index in [2.05, 4.69) is 82.9 Å². The summed E-state index contributed by atoms with van der Waals surface area (Å²) in [5.41, 5.74) is 10.0. The summed E-state index contributed by atoms with van der Waals surface area (Å²) in [6.45, 7) is 1.80. The Morgan fingerprint density at radius 1 is 0.828 bits per heavy atom. The van der Waals surface area contributed by atoms with Crippen molar-refractivity contribution in [2.24, 2.45) is 5.73 Å². The fraction of sp³-hybridized carbons (Fsp3) is 0.167. The SMILES string of the molecule is Cc1noc([C@@H](N)CSC(c2ccccc2)(c2ccccc2)c2ccccc2)n1. The Morgan fingerprint density at radius 3 is 1.66 bits per heavy atom. The molecule has 1 aromatic heterocycles. The Bertz CT molecular complexity index is 939. The zero-order valence-corrected chi connectivity index (χ0v) is 17.0. The van der Waals surface area contributed by atoms with E-state index in [0.717, 1.165) is 0 Å². The van der Waals surface area contributed by atoms with Gasteiger partial charge in [-0.25, -0.2) is 0 Å². The van der Waals surface area contributed by atoms with Crippen LogP contribution < -0.4 is 5.73 Å². The van der Waals surface area contributed by atoms with Crippen LogP contribution in [0.15, 0.2) is 95.5 Å². The maximum absolute atomic E-state index is 6.43. The van der Waals surface area contributed by atoms with E-state index >= 15 is 0 Å². The Balaban J connectivity index is 1.81. The highest BCUT2D eigenvalue weighted by Crippen LogP contribution is 2.49. The number of hydrogen-bond acceptors (Lipinski definition) is 5. The number of nitrogens with two attached hydrogens (primary N) is 1. The van der Waals surface area contributed by atoms with Crippen LogP contribution in [0, 0.1) is 6.92 Å². The van der Waals surface area contributed by atoms with Crippen molar-refractivity contribution in [1.29, 1.82) is 0 Å². The van der Waals surface area contributed by atoms with Gasteiger partial charge in [0.25, 0.3) is 0 Å². The first-order valence-electron chi connectivity index (χ1n) is 9.56. The van der Waals surface area contributed by atoms with E-state index in [9.17, 15) is 0 Å². The summed E-state index contributed by atoms with van der Waals surface area (Å²) in [4.78, 5) is 4.31.